The third kappa shape index (κ3) is 4.05. The average Bonchev–Trinajstić information content (AvgIpc) is 2.38. The molecule has 2 rings (SSSR count). The van der Waals surface area contributed by atoms with Crippen molar-refractivity contribution < 1.29 is 5.11 Å². The number of pyridine rings is 1. The molecule has 1 fully saturated rings. The first-order valence-electron chi connectivity index (χ1n) is 6.70. The summed E-state index contributed by atoms with van der Waals surface area (Å²) in [4.78, 5) is 6.52. The lowest BCUT2D eigenvalue weighted by atomic mass is 9.92. The molecule has 0 spiro atoms. The summed E-state index contributed by atoms with van der Waals surface area (Å²) < 4.78 is 0. The summed E-state index contributed by atoms with van der Waals surface area (Å²) in [5, 5.41) is 13.7. The molecule has 0 aromatic carbocycles. The number of aromatic nitrogens is 1. The highest BCUT2D eigenvalue weighted by molar-refractivity contribution is 5.03. The molecule has 2 heterocycles. The van der Waals surface area contributed by atoms with Crippen molar-refractivity contribution in [3.05, 3.63) is 30.1 Å². The number of aliphatic hydroxyl groups is 1. The number of piperidine rings is 1. The van der Waals surface area contributed by atoms with Crippen molar-refractivity contribution in [2.45, 2.75) is 24.9 Å². The number of nitrogens with zero attached hydrogens (tertiary/aromatic N) is 2. The molecule has 1 saturated heterocycles. The van der Waals surface area contributed by atoms with Crippen molar-refractivity contribution in [2.24, 2.45) is 0 Å². The minimum absolute atomic E-state index is 0.510. The van der Waals surface area contributed by atoms with Crippen molar-refractivity contribution in [1.82, 2.24) is 15.2 Å². The summed E-state index contributed by atoms with van der Waals surface area (Å²) in [6.45, 7) is 3.53. The Morgan fingerprint density at radius 1 is 1.39 bits per heavy atom. The van der Waals surface area contributed by atoms with E-state index in [1.54, 1.807) is 0 Å². The van der Waals surface area contributed by atoms with E-state index in [0.717, 1.165) is 51.1 Å². The first kappa shape index (κ1) is 13.5. The first-order valence-corrected chi connectivity index (χ1v) is 6.70. The topological polar surface area (TPSA) is 48.4 Å². The van der Waals surface area contributed by atoms with Crippen molar-refractivity contribution in [3.8, 4) is 0 Å². The molecule has 1 aliphatic rings. The second-order valence-electron chi connectivity index (χ2n) is 5.28. The van der Waals surface area contributed by atoms with Crippen molar-refractivity contribution in [2.75, 3.05) is 33.2 Å². The van der Waals surface area contributed by atoms with Gasteiger partial charge in [-0.3, -0.25) is 4.98 Å². The van der Waals surface area contributed by atoms with Gasteiger partial charge in [0.05, 0.1) is 5.60 Å². The number of hydrogen-bond donors (Lipinski definition) is 2. The number of likely N-dealkylation sites (N-methyl/N-ethyl adjacent to an activating group) is 1. The number of nitrogens with one attached hydrogen (secondary N) is 1. The molecule has 1 aromatic rings. The minimum Gasteiger partial charge on any atom is -0.388 e. The second kappa shape index (κ2) is 6.27. The molecule has 1 aliphatic heterocycles. The molecular formula is C14H23N3O. The highest BCUT2D eigenvalue weighted by Crippen LogP contribution is 2.18. The monoisotopic (exact) mass is 249 g/mol. The van der Waals surface area contributed by atoms with Gasteiger partial charge in [0.1, 0.15) is 0 Å². The van der Waals surface area contributed by atoms with Gasteiger partial charge in [0.15, 0.2) is 0 Å². The van der Waals surface area contributed by atoms with Crippen molar-refractivity contribution >= 4 is 0 Å². The summed E-state index contributed by atoms with van der Waals surface area (Å²) in [6, 6.07) is 6.00. The van der Waals surface area contributed by atoms with Crippen LogP contribution in [0.4, 0.5) is 0 Å². The minimum atomic E-state index is -0.510. The van der Waals surface area contributed by atoms with Crippen LogP contribution in [0.15, 0.2) is 24.4 Å². The number of rotatable bonds is 5. The zero-order chi connectivity index (χ0) is 12.8. The molecule has 100 valence electrons. The largest absolute Gasteiger partial charge is 0.388 e. The Morgan fingerprint density at radius 2 is 2.17 bits per heavy atom. The van der Waals surface area contributed by atoms with Crippen LogP contribution >= 0.6 is 0 Å². The fourth-order valence-corrected chi connectivity index (χ4v) is 2.48. The molecule has 4 heteroatoms. The van der Waals surface area contributed by atoms with Gasteiger partial charge in [0.25, 0.3) is 0 Å². The van der Waals surface area contributed by atoms with Crippen LogP contribution in [-0.4, -0.2) is 53.8 Å². The van der Waals surface area contributed by atoms with Gasteiger partial charge in [-0.15, -0.1) is 0 Å². The standard InChI is InChI=1S/C14H23N3O/c1-17(11-5-13-4-2-3-8-16-13)12-14(18)6-9-15-10-7-14/h2-4,8,15,18H,5-7,9-12H2,1H3. The summed E-state index contributed by atoms with van der Waals surface area (Å²) in [7, 11) is 2.07. The van der Waals surface area contributed by atoms with Crippen LogP contribution in [-0.2, 0) is 6.42 Å². The molecule has 0 unspecified atom stereocenters. The van der Waals surface area contributed by atoms with E-state index in [1.807, 2.05) is 24.4 Å². The Labute approximate surface area is 109 Å². The lowest BCUT2D eigenvalue weighted by Gasteiger charge is -2.35. The number of hydrogen-bond acceptors (Lipinski definition) is 4. The summed E-state index contributed by atoms with van der Waals surface area (Å²) in [6.07, 6.45) is 4.46. The lowest BCUT2D eigenvalue weighted by Crippen LogP contribution is -2.49. The highest BCUT2D eigenvalue weighted by atomic mass is 16.3. The molecular weight excluding hydrogens is 226 g/mol. The van der Waals surface area contributed by atoms with Gasteiger partial charge < -0.3 is 15.3 Å². The van der Waals surface area contributed by atoms with Crippen LogP contribution in [0.2, 0.25) is 0 Å². The van der Waals surface area contributed by atoms with E-state index in [4.69, 9.17) is 0 Å². The van der Waals surface area contributed by atoms with E-state index in [2.05, 4.69) is 22.2 Å². The first-order chi connectivity index (χ1) is 8.68. The van der Waals surface area contributed by atoms with Crippen LogP contribution in [0.1, 0.15) is 18.5 Å². The van der Waals surface area contributed by atoms with E-state index in [9.17, 15) is 5.11 Å². The molecule has 0 saturated carbocycles. The Kier molecular flexibility index (Phi) is 4.69. The fourth-order valence-electron chi connectivity index (χ4n) is 2.48. The highest BCUT2D eigenvalue weighted by Gasteiger charge is 2.30. The Bertz CT molecular complexity index is 349. The Morgan fingerprint density at radius 3 is 2.83 bits per heavy atom. The molecule has 4 nitrogen and oxygen atoms in total. The van der Waals surface area contributed by atoms with Crippen LogP contribution in [0.3, 0.4) is 0 Å². The van der Waals surface area contributed by atoms with Crippen LogP contribution < -0.4 is 5.32 Å². The normalized spacial score (nSPS) is 19.1. The van der Waals surface area contributed by atoms with E-state index >= 15 is 0 Å². The smallest absolute Gasteiger partial charge is 0.0798 e. The molecule has 0 amide bonds. The van der Waals surface area contributed by atoms with E-state index < -0.39 is 5.60 Å². The van der Waals surface area contributed by atoms with Gasteiger partial charge in [-0.05, 0) is 45.1 Å². The summed E-state index contributed by atoms with van der Waals surface area (Å²) in [5.41, 5.74) is 0.603. The quantitative estimate of drug-likeness (QED) is 0.805. The Hall–Kier alpha value is -0.970. The van der Waals surface area contributed by atoms with Gasteiger partial charge in [0.2, 0.25) is 0 Å². The predicted octanol–water partition coefficient (Wildman–Crippen LogP) is 0.670. The zero-order valence-corrected chi connectivity index (χ0v) is 11.1. The van der Waals surface area contributed by atoms with Crippen LogP contribution in [0, 0.1) is 0 Å². The SMILES string of the molecule is CN(CCc1ccccn1)CC1(O)CCNCC1. The van der Waals surface area contributed by atoms with Gasteiger partial charge in [-0.2, -0.15) is 0 Å². The fraction of sp³-hybridized carbons (Fsp3) is 0.643. The maximum absolute atomic E-state index is 10.4. The van der Waals surface area contributed by atoms with Gasteiger partial charge in [0, 0.05) is 31.4 Å². The van der Waals surface area contributed by atoms with E-state index in [-0.39, 0.29) is 0 Å². The summed E-state index contributed by atoms with van der Waals surface area (Å²) >= 11 is 0. The zero-order valence-electron chi connectivity index (χ0n) is 11.1. The maximum Gasteiger partial charge on any atom is 0.0798 e. The van der Waals surface area contributed by atoms with Gasteiger partial charge in [-0.25, -0.2) is 0 Å². The average molecular weight is 249 g/mol. The van der Waals surface area contributed by atoms with Gasteiger partial charge >= 0.3 is 0 Å². The van der Waals surface area contributed by atoms with Crippen molar-refractivity contribution in [3.63, 3.8) is 0 Å². The third-order valence-electron chi connectivity index (χ3n) is 3.57. The van der Waals surface area contributed by atoms with E-state index in [1.165, 1.54) is 0 Å². The Balaban J connectivity index is 1.76. The van der Waals surface area contributed by atoms with Crippen LogP contribution in [0.5, 0.6) is 0 Å². The molecule has 18 heavy (non-hydrogen) atoms. The molecule has 0 atom stereocenters. The molecule has 0 radical (unpaired) electrons. The predicted molar refractivity (Wildman–Crippen MR) is 72.5 cm³/mol. The lowest BCUT2D eigenvalue weighted by molar-refractivity contribution is -0.0150. The third-order valence-corrected chi connectivity index (χ3v) is 3.57. The maximum atomic E-state index is 10.4. The van der Waals surface area contributed by atoms with E-state index in [0.29, 0.717) is 0 Å². The molecule has 2 N–H and O–H groups in total. The second-order valence-corrected chi connectivity index (χ2v) is 5.28. The molecule has 0 bridgehead atoms. The molecule has 0 aliphatic carbocycles. The summed E-state index contributed by atoms with van der Waals surface area (Å²) in [5.74, 6) is 0. The molecule has 1 aromatic heterocycles. The van der Waals surface area contributed by atoms with Crippen molar-refractivity contribution in [1.29, 1.82) is 0 Å². The van der Waals surface area contributed by atoms with Gasteiger partial charge in [-0.1, -0.05) is 6.07 Å². The van der Waals surface area contributed by atoms with Crippen LogP contribution in [0.25, 0.3) is 0 Å².